The smallest absolute Gasteiger partial charge is 0.162 e. The topological polar surface area (TPSA) is 52.0 Å². The van der Waals surface area contributed by atoms with E-state index in [1.807, 2.05) is 0 Å². The quantitative estimate of drug-likeness (QED) is 0.720. The second-order valence-electron chi connectivity index (χ2n) is 4.13. The van der Waals surface area contributed by atoms with Crippen LogP contribution in [0.15, 0.2) is 0 Å². The maximum Gasteiger partial charge on any atom is 0.162 e. The van der Waals surface area contributed by atoms with Crippen molar-refractivity contribution in [2.45, 2.75) is 31.9 Å². The highest BCUT2D eigenvalue weighted by molar-refractivity contribution is 5.02. The third-order valence-electron chi connectivity index (χ3n) is 3.11. The number of ether oxygens (including phenoxy) is 1. The van der Waals surface area contributed by atoms with Gasteiger partial charge >= 0.3 is 0 Å². The van der Waals surface area contributed by atoms with Crippen molar-refractivity contribution >= 4 is 0 Å². The first-order valence-corrected chi connectivity index (χ1v) is 5.69. The van der Waals surface area contributed by atoms with Gasteiger partial charge in [-0.15, -0.1) is 10.2 Å². The summed E-state index contributed by atoms with van der Waals surface area (Å²) in [5, 5.41) is 11.9. The molecule has 2 aliphatic heterocycles. The van der Waals surface area contributed by atoms with Gasteiger partial charge in [0.1, 0.15) is 11.9 Å². The highest BCUT2D eigenvalue weighted by Gasteiger charge is 2.25. The van der Waals surface area contributed by atoms with Crippen LogP contribution in [0.1, 0.15) is 30.6 Å². The highest BCUT2D eigenvalue weighted by atomic mass is 16.5. The first-order chi connectivity index (χ1) is 7.45. The highest BCUT2D eigenvalue weighted by Crippen LogP contribution is 2.27. The van der Waals surface area contributed by atoms with Crippen LogP contribution in [0.5, 0.6) is 0 Å². The van der Waals surface area contributed by atoms with E-state index in [0.29, 0.717) is 0 Å². The summed E-state index contributed by atoms with van der Waals surface area (Å²) in [6.07, 6.45) is 3.39. The molecule has 1 N–H and O–H groups in total. The normalized spacial score (nSPS) is 26.3. The van der Waals surface area contributed by atoms with E-state index in [4.69, 9.17) is 4.74 Å². The molecule has 5 nitrogen and oxygen atoms in total. The Morgan fingerprint density at radius 3 is 3.20 bits per heavy atom. The minimum atomic E-state index is 0.185. The molecule has 0 radical (unpaired) electrons. The summed E-state index contributed by atoms with van der Waals surface area (Å²) in [6.45, 7) is 3.84. The molecule has 0 spiro atoms. The van der Waals surface area contributed by atoms with E-state index in [9.17, 15) is 0 Å². The minimum Gasteiger partial charge on any atom is -0.370 e. The van der Waals surface area contributed by atoms with Gasteiger partial charge in [0.2, 0.25) is 0 Å². The molecular formula is C10H16N4O. The van der Waals surface area contributed by atoms with E-state index in [-0.39, 0.29) is 6.10 Å². The second kappa shape index (κ2) is 3.90. The van der Waals surface area contributed by atoms with Gasteiger partial charge in [0.25, 0.3) is 0 Å². The third-order valence-corrected chi connectivity index (χ3v) is 3.11. The van der Waals surface area contributed by atoms with Crippen molar-refractivity contribution in [3.8, 4) is 0 Å². The lowest BCUT2D eigenvalue weighted by atomic mass is 10.2. The molecule has 82 valence electrons. The van der Waals surface area contributed by atoms with Crippen LogP contribution in [0.25, 0.3) is 0 Å². The first kappa shape index (κ1) is 9.30. The zero-order chi connectivity index (χ0) is 10.1. The van der Waals surface area contributed by atoms with Gasteiger partial charge in [-0.2, -0.15) is 0 Å². The number of hydrogen-bond acceptors (Lipinski definition) is 4. The Morgan fingerprint density at radius 1 is 1.33 bits per heavy atom. The molecule has 1 saturated heterocycles. The molecule has 0 amide bonds. The van der Waals surface area contributed by atoms with Gasteiger partial charge in [0.15, 0.2) is 5.82 Å². The SMILES string of the molecule is C1COC(c2nnc3n2CCNCC3)C1. The van der Waals surface area contributed by atoms with Gasteiger partial charge in [0.05, 0.1) is 0 Å². The van der Waals surface area contributed by atoms with E-state index in [1.54, 1.807) is 0 Å². The predicted octanol–water partition coefficient (Wildman–Crippen LogP) is 0.275. The summed E-state index contributed by atoms with van der Waals surface area (Å²) in [7, 11) is 0. The van der Waals surface area contributed by atoms with Gasteiger partial charge in [-0.05, 0) is 12.8 Å². The molecule has 3 heterocycles. The summed E-state index contributed by atoms with van der Waals surface area (Å²) >= 11 is 0. The van der Waals surface area contributed by atoms with Gasteiger partial charge in [-0.25, -0.2) is 0 Å². The van der Waals surface area contributed by atoms with E-state index >= 15 is 0 Å². The van der Waals surface area contributed by atoms with Gasteiger partial charge < -0.3 is 14.6 Å². The van der Waals surface area contributed by atoms with Crippen molar-refractivity contribution in [3.63, 3.8) is 0 Å². The first-order valence-electron chi connectivity index (χ1n) is 5.69. The lowest BCUT2D eigenvalue weighted by Crippen LogP contribution is -2.18. The molecule has 1 aromatic heterocycles. The lowest BCUT2D eigenvalue weighted by Gasteiger charge is -2.11. The van der Waals surface area contributed by atoms with Gasteiger partial charge in [0, 0.05) is 32.7 Å². The molecule has 0 bridgehead atoms. The molecule has 1 fully saturated rings. The van der Waals surface area contributed by atoms with E-state index in [1.165, 1.54) is 0 Å². The number of nitrogens with one attached hydrogen (secondary N) is 1. The third kappa shape index (κ3) is 1.66. The van der Waals surface area contributed by atoms with Crippen molar-refractivity contribution in [1.29, 1.82) is 0 Å². The lowest BCUT2D eigenvalue weighted by molar-refractivity contribution is 0.101. The Labute approximate surface area is 88.8 Å². The Hall–Kier alpha value is -0.940. The largest absolute Gasteiger partial charge is 0.370 e. The van der Waals surface area contributed by atoms with Crippen LogP contribution in [0, 0.1) is 0 Å². The average Bonchev–Trinajstić information content (AvgIpc) is 2.83. The van der Waals surface area contributed by atoms with Crippen molar-refractivity contribution in [1.82, 2.24) is 20.1 Å². The van der Waals surface area contributed by atoms with Crippen molar-refractivity contribution in [2.75, 3.05) is 19.7 Å². The predicted molar refractivity (Wildman–Crippen MR) is 54.5 cm³/mol. The number of fused-ring (bicyclic) bond motifs is 1. The van der Waals surface area contributed by atoms with Crippen LogP contribution in [-0.2, 0) is 17.7 Å². The van der Waals surface area contributed by atoms with Crippen molar-refractivity contribution < 1.29 is 4.74 Å². The van der Waals surface area contributed by atoms with Crippen LogP contribution in [-0.4, -0.2) is 34.5 Å². The molecule has 2 aliphatic rings. The van der Waals surface area contributed by atoms with E-state index < -0.39 is 0 Å². The van der Waals surface area contributed by atoms with Crippen LogP contribution in [0.4, 0.5) is 0 Å². The molecule has 1 atom stereocenters. The minimum absolute atomic E-state index is 0.185. The Morgan fingerprint density at radius 2 is 2.33 bits per heavy atom. The Balaban J connectivity index is 1.91. The second-order valence-corrected chi connectivity index (χ2v) is 4.13. The van der Waals surface area contributed by atoms with Crippen LogP contribution < -0.4 is 5.32 Å². The van der Waals surface area contributed by atoms with Gasteiger partial charge in [-0.3, -0.25) is 0 Å². The molecule has 0 saturated carbocycles. The molecule has 0 aliphatic carbocycles. The molecule has 1 unspecified atom stereocenters. The van der Waals surface area contributed by atoms with Crippen molar-refractivity contribution in [3.05, 3.63) is 11.6 Å². The fourth-order valence-corrected chi connectivity index (χ4v) is 2.31. The Bertz CT molecular complexity index is 343. The average molecular weight is 208 g/mol. The zero-order valence-electron chi connectivity index (χ0n) is 8.78. The summed E-state index contributed by atoms with van der Waals surface area (Å²) < 4.78 is 7.89. The molecule has 5 heteroatoms. The molecule has 3 rings (SSSR count). The van der Waals surface area contributed by atoms with Crippen LogP contribution in [0.3, 0.4) is 0 Å². The molecule has 15 heavy (non-hydrogen) atoms. The summed E-state index contributed by atoms with van der Waals surface area (Å²) in [5.74, 6) is 2.14. The molecule has 1 aromatic rings. The number of rotatable bonds is 1. The summed E-state index contributed by atoms with van der Waals surface area (Å²) in [5.41, 5.74) is 0. The van der Waals surface area contributed by atoms with Gasteiger partial charge in [-0.1, -0.05) is 0 Å². The maximum atomic E-state index is 5.66. The number of nitrogens with zero attached hydrogens (tertiary/aromatic N) is 3. The monoisotopic (exact) mass is 208 g/mol. The standard InChI is InChI=1S/C10H16N4O/c1-2-8(15-7-1)10-13-12-9-3-4-11-5-6-14(9)10/h8,11H,1-7H2. The summed E-state index contributed by atoms with van der Waals surface area (Å²) in [4.78, 5) is 0. The zero-order valence-corrected chi connectivity index (χ0v) is 8.78. The van der Waals surface area contributed by atoms with E-state index in [2.05, 4.69) is 20.1 Å². The number of aromatic nitrogens is 3. The number of hydrogen-bond donors (Lipinski definition) is 1. The summed E-state index contributed by atoms with van der Waals surface area (Å²) in [6, 6.07) is 0. The fourth-order valence-electron chi connectivity index (χ4n) is 2.31. The van der Waals surface area contributed by atoms with E-state index in [0.717, 1.165) is 57.2 Å². The molecular weight excluding hydrogens is 192 g/mol. The van der Waals surface area contributed by atoms with Crippen LogP contribution >= 0.6 is 0 Å². The maximum absolute atomic E-state index is 5.66. The fraction of sp³-hybridized carbons (Fsp3) is 0.800. The van der Waals surface area contributed by atoms with Crippen LogP contribution in [0.2, 0.25) is 0 Å². The van der Waals surface area contributed by atoms with Crippen molar-refractivity contribution in [2.24, 2.45) is 0 Å². The Kier molecular flexibility index (Phi) is 2.42. The molecule has 0 aromatic carbocycles.